The first kappa shape index (κ1) is 16.1. The summed E-state index contributed by atoms with van der Waals surface area (Å²) in [6.07, 6.45) is 7.14. The van der Waals surface area contributed by atoms with Crippen LogP contribution in [0, 0.1) is 5.92 Å². The number of halogens is 2. The van der Waals surface area contributed by atoms with Crippen LogP contribution in [0.2, 0.25) is 10.0 Å². The van der Waals surface area contributed by atoms with Crippen LogP contribution in [-0.2, 0) is 11.3 Å². The van der Waals surface area contributed by atoms with Gasteiger partial charge < -0.3 is 10.1 Å². The van der Waals surface area contributed by atoms with Crippen LogP contribution in [-0.4, -0.2) is 28.5 Å². The van der Waals surface area contributed by atoms with E-state index in [-0.39, 0.29) is 0 Å². The summed E-state index contributed by atoms with van der Waals surface area (Å²) >= 11 is 12.8. The molecule has 6 heteroatoms. The molecule has 0 amide bonds. The number of piperidine rings is 1. The van der Waals surface area contributed by atoms with Crippen molar-refractivity contribution in [3.8, 4) is 5.69 Å². The molecule has 1 aliphatic heterocycles. The molecule has 5 rings (SSSR count). The minimum atomic E-state index is 0.350. The quantitative estimate of drug-likeness (QED) is 0.842. The van der Waals surface area contributed by atoms with Crippen molar-refractivity contribution in [2.75, 3.05) is 6.54 Å². The van der Waals surface area contributed by atoms with E-state index in [4.69, 9.17) is 27.9 Å². The highest BCUT2D eigenvalue weighted by atomic mass is 35.5. The lowest BCUT2D eigenvalue weighted by atomic mass is 10.1. The second-order valence-electron chi connectivity index (χ2n) is 7.49. The Balaban J connectivity index is 1.46. The maximum absolute atomic E-state index is 6.42. The van der Waals surface area contributed by atoms with Gasteiger partial charge in [-0.3, -0.25) is 0 Å². The van der Waals surface area contributed by atoms with Crippen molar-refractivity contribution in [3.63, 3.8) is 0 Å². The molecule has 3 atom stereocenters. The Hall–Kier alpha value is -1.07. The largest absolute Gasteiger partial charge is 0.372 e. The number of nitrogens with zero attached hydrogens (tertiary/aromatic N) is 2. The summed E-state index contributed by atoms with van der Waals surface area (Å²) in [7, 11) is 0. The summed E-state index contributed by atoms with van der Waals surface area (Å²) in [6, 6.07) is 6.21. The van der Waals surface area contributed by atoms with E-state index in [0.29, 0.717) is 40.6 Å². The molecule has 1 aromatic carbocycles. The minimum absolute atomic E-state index is 0.350. The third kappa shape index (κ3) is 2.89. The SMILES string of the molecule is Clc1cccc(Cl)c1-n1ncc(C2CC2)c1COC1C[C@@H]2C[C@H]1CN2. The zero-order chi connectivity index (χ0) is 17.0. The predicted molar refractivity (Wildman–Crippen MR) is 98.7 cm³/mol. The lowest BCUT2D eigenvalue weighted by molar-refractivity contribution is 0.00687. The number of aromatic nitrogens is 2. The van der Waals surface area contributed by atoms with Crippen LogP contribution in [0.15, 0.2) is 24.4 Å². The van der Waals surface area contributed by atoms with E-state index in [1.165, 1.54) is 24.8 Å². The topological polar surface area (TPSA) is 39.1 Å². The molecule has 1 saturated heterocycles. The Morgan fingerprint density at radius 2 is 2.00 bits per heavy atom. The summed E-state index contributed by atoms with van der Waals surface area (Å²) in [5.41, 5.74) is 3.15. The highest BCUT2D eigenvalue weighted by Crippen LogP contribution is 2.43. The van der Waals surface area contributed by atoms with E-state index in [1.807, 2.05) is 29.1 Å². The van der Waals surface area contributed by atoms with Crippen molar-refractivity contribution < 1.29 is 4.74 Å². The van der Waals surface area contributed by atoms with Gasteiger partial charge in [0.2, 0.25) is 0 Å². The van der Waals surface area contributed by atoms with Crippen LogP contribution in [0.1, 0.15) is 42.9 Å². The molecule has 1 aromatic heterocycles. The van der Waals surface area contributed by atoms with E-state index in [1.54, 1.807) is 0 Å². The molecule has 4 nitrogen and oxygen atoms in total. The van der Waals surface area contributed by atoms with E-state index in [0.717, 1.165) is 24.3 Å². The predicted octanol–water partition coefficient (Wildman–Crippen LogP) is 4.32. The maximum atomic E-state index is 6.42. The number of nitrogens with one attached hydrogen (secondary N) is 1. The van der Waals surface area contributed by atoms with Crippen LogP contribution >= 0.6 is 23.2 Å². The van der Waals surface area contributed by atoms with Crippen LogP contribution in [0.4, 0.5) is 0 Å². The Labute approximate surface area is 157 Å². The van der Waals surface area contributed by atoms with Crippen molar-refractivity contribution >= 4 is 23.2 Å². The van der Waals surface area contributed by atoms with Crippen molar-refractivity contribution in [1.29, 1.82) is 0 Å². The van der Waals surface area contributed by atoms with Crippen molar-refractivity contribution in [1.82, 2.24) is 15.1 Å². The van der Waals surface area contributed by atoms with E-state index in [2.05, 4.69) is 10.4 Å². The van der Waals surface area contributed by atoms with E-state index < -0.39 is 0 Å². The van der Waals surface area contributed by atoms with Gasteiger partial charge in [-0.15, -0.1) is 0 Å². The Bertz CT molecular complexity index is 782. The summed E-state index contributed by atoms with van der Waals surface area (Å²) in [6.45, 7) is 1.65. The Morgan fingerprint density at radius 1 is 1.20 bits per heavy atom. The fraction of sp³-hybridized carbons (Fsp3) is 0.526. The summed E-state index contributed by atoms with van der Waals surface area (Å²) in [5, 5.41) is 9.38. The van der Waals surface area contributed by atoms with Crippen LogP contribution < -0.4 is 5.32 Å². The van der Waals surface area contributed by atoms with Gasteiger partial charge in [-0.2, -0.15) is 5.10 Å². The smallest absolute Gasteiger partial charge is 0.102 e. The highest BCUT2D eigenvalue weighted by molar-refractivity contribution is 6.37. The van der Waals surface area contributed by atoms with Gasteiger partial charge in [0.25, 0.3) is 0 Å². The van der Waals surface area contributed by atoms with Crippen molar-refractivity contribution in [3.05, 3.63) is 45.7 Å². The number of hydrogen-bond acceptors (Lipinski definition) is 3. The van der Waals surface area contributed by atoms with Gasteiger partial charge in [-0.25, -0.2) is 4.68 Å². The van der Waals surface area contributed by atoms with Gasteiger partial charge in [0.1, 0.15) is 5.69 Å². The van der Waals surface area contributed by atoms with Gasteiger partial charge in [-0.1, -0.05) is 29.3 Å². The molecular formula is C19H21Cl2N3O. The zero-order valence-corrected chi connectivity index (χ0v) is 15.4. The highest BCUT2D eigenvalue weighted by Gasteiger charge is 2.40. The first-order chi connectivity index (χ1) is 12.2. The molecule has 3 fully saturated rings. The molecule has 2 heterocycles. The van der Waals surface area contributed by atoms with E-state index >= 15 is 0 Å². The molecule has 0 spiro atoms. The molecule has 2 bridgehead atoms. The Morgan fingerprint density at radius 3 is 2.64 bits per heavy atom. The summed E-state index contributed by atoms with van der Waals surface area (Å²) in [4.78, 5) is 0. The molecule has 0 radical (unpaired) electrons. The minimum Gasteiger partial charge on any atom is -0.372 e. The van der Waals surface area contributed by atoms with Crippen molar-refractivity contribution in [2.45, 2.75) is 50.4 Å². The van der Waals surface area contributed by atoms with Gasteiger partial charge in [0, 0.05) is 12.6 Å². The molecule has 2 aliphatic carbocycles. The lowest BCUT2D eigenvalue weighted by Crippen LogP contribution is -2.34. The summed E-state index contributed by atoms with van der Waals surface area (Å²) in [5.74, 6) is 1.25. The second kappa shape index (κ2) is 6.27. The zero-order valence-electron chi connectivity index (χ0n) is 13.9. The molecule has 1 N–H and O–H groups in total. The molecule has 2 aromatic rings. The fourth-order valence-corrected chi connectivity index (χ4v) is 4.88. The number of rotatable bonds is 5. The van der Waals surface area contributed by atoms with Gasteiger partial charge >= 0.3 is 0 Å². The number of benzene rings is 1. The number of fused-ring (bicyclic) bond motifs is 2. The van der Waals surface area contributed by atoms with Gasteiger partial charge in [-0.05, 0) is 55.2 Å². The molecular weight excluding hydrogens is 357 g/mol. The maximum Gasteiger partial charge on any atom is 0.102 e. The lowest BCUT2D eigenvalue weighted by Gasteiger charge is -2.23. The Kier molecular flexibility index (Phi) is 4.05. The van der Waals surface area contributed by atoms with Crippen LogP contribution in [0.5, 0.6) is 0 Å². The third-order valence-electron chi connectivity index (χ3n) is 5.80. The third-order valence-corrected chi connectivity index (χ3v) is 6.41. The standard InChI is InChI=1S/C19H21Cl2N3O/c20-15-2-1-3-16(21)19(15)24-17(14(9-23-24)11-4-5-11)10-25-18-7-13-6-12(18)8-22-13/h1-3,9,11-13,18,22H,4-8,10H2/t12-,13-,18?/m0/s1. The normalized spacial score (nSPS) is 28.0. The first-order valence-electron chi connectivity index (χ1n) is 9.07. The molecule has 132 valence electrons. The molecule has 3 aliphatic rings. The number of hydrogen-bond donors (Lipinski definition) is 1. The van der Waals surface area contributed by atoms with E-state index in [9.17, 15) is 0 Å². The monoisotopic (exact) mass is 377 g/mol. The van der Waals surface area contributed by atoms with Gasteiger partial charge in [0.15, 0.2) is 0 Å². The van der Waals surface area contributed by atoms with Gasteiger partial charge in [0.05, 0.1) is 34.6 Å². The van der Waals surface area contributed by atoms with Crippen LogP contribution in [0.25, 0.3) is 5.69 Å². The molecule has 25 heavy (non-hydrogen) atoms. The number of ether oxygens (including phenoxy) is 1. The average Bonchev–Trinajstić information content (AvgIpc) is 3.03. The average molecular weight is 378 g/mol. The fourth-order valence-electron chi connectivity index (χ4n) is 4.33. The molecule has 2 saturated carbocycles. The van der Waals surface area contributed by atoms with Crippen molar-refractivity contribution in [2.24, 2.45) is 5.92 Å². The first-order valence-corrected chi connectivity index (χ1v) is 9.82. The number of para-hydroxylation sites is 1. The summed E-state index contributed by atoms with van der Waals surface area (Å²) < 4.78 is 8.25. The second-order valence-corrected chi connectivity index (χ2v) is 8.30. The molecule has 1 unspecified atom stereocenters. The van der Waals surface area contributed by atoms with Crippen LogP contribution in [0.3, 0.4) is 0 Å².